The van der Waals surface area contributed by atoms with Crippen molar-refractivity contribution < 1.29 is 9.18 Å². The first-order valence-electron chi connectivity index (χ1n) is 6.45. The number of hydrogen-bond acceptors (Lipinski definition) is 2. The number of carbonyl (C=O) groups excluding carboxylic acids is 1. The molecule has 2 rings (SSSR count). The van der Waals surface area contributed by atoms with Gasteiger partial charge in [0.2, 0.25) is 0 Å². The first-order valence-corrected chi connectivity index (χ1v) is 6.45. The first-order chi connectivity index (χ1) is 9.38. The number of rotatable bonds is 3. The lowest BCUT2D eigenvalue weighted by molar-refractivity contribution is 0.0933. The molecule has 106 valence electrons. The highest BCUT2D eigenvalue weighted by Gasteiger charge is 2.16. The average Bonchev–Trinajstić information content (AvgIpc) is 2.71. The van der Waals surface area contributed by atoms with Gasteiger partial charge in [-0.25, -0.2) is 4.39 Å². The second kappa shape index (κ2) is 5.45. The van der Waals surface area contributed by atoms with Gasteiger partial charge in [0.15, 0.2) is 5.69 Å². The van der Waals surface area contributed by atoms with Gasteiger partial charge in [0.1, 0.15) is 5.82 Å². The van der Waals surface area contributed by atoms with E-state index in [1.807, 2.05) is 19.9 Å². The quantitative estimate of drug-likeness (QED) is 0.936. The zero-order valence-electron chi connectivity index (χ0n) is 12.1. The molecule has 20 heavy (non-hydrogen) atoms. The Morgan fingerprint density at radius 3 is 2.60 bits per heavy atom. The van der Waals surface area contributed by atoms with E-state index in [1.54, 1.807) is 30.9 Å². The summed E-state index contributed by atoms with van der Waals surface area (Å²) in [5.74, 6) is -0.519. The van der Waals surface area contributed by atoms with Gasteiger partial charge in [-0.1, -0.05) is 12.1 Å². The number of aromatic nitrogens is 2. The van der Waals surface area contributed by atoms with Crippen molar-refractivity contribution in [3.63, 3.8) is 0 Å². The number of hydrogen-bond donors (Lipinski definition) is 1. The number of carbonyl (C=O) groups is 1. The molecule has 0 radical (unpaired) electrons. The van der Waals surface area contributed by atoms with Crippen LogP contribution in [0.1, 0.15) is 40.1 Å². The van der Waals surface area contributed by atoms with Crippen molar-refractivity contribution >= 4 is 5.91 Å². The Morgan fingerprint density at radius 2 is 2.05 bits per heavy atom. The largest absolute Gasteiger partial charge is 0.344 e. The van der Waals surface area contributed by atoms with Crippen LogP contribution in [0.15, 0.2) is 24.4 Å². The van der Waals surface area contributed by atoms with Crippen molar-refractivity contribution in [2.75, 3.05) is 0 Å². The molecule has 0 saturated carbocycles. The van der Waals surface area contributed by atoms with Gasteiger partial charge in [-0.2, -0.15) is 5.10 Å². The predicted octanol–water partition coefficient (Wildman–Crippen LogP) is 2.67. The third-order valence-electron chi connectivity index (χ3n) is 3.27. The molecule has 1 amide bonds. The van der Waals surface area contributed by atoms with E-state index in [2.05, 4.69) is 10.4 Å². The second-order valence-electron chi connectivity index (χ2n) is 5.04. The highest BCUT2D eigenvalue weighted by molar-refractivity contribution is 5.93. The van der Waals surface area contributed by atoms with E-state index >= 15 is 0 Å². The predicted molar refractivity (Wildman–Crippen MR) is 75.0 cm³/mol. The van der Waals surface area contributed by atoms with Crippen molar-refractivity contribution in [2.45, 2.75) is 26.8 Å². The Morgan fingerprint density at radius 1 is 1.35 bits per heavy atom. The van der Waals surface area contributed by atoms with E-state index < -0.39 is 0 Å². The molecule has 1 atom stereocenters. The van der Waals surface area contributed by atoms with Crippen LogP contribution in [-0.2, 0) is 7.05 Å². The van der Waals surface area contributed by atoms with Crippen LogP contribution in [0.4, 0.5) is 4.39 Å². The zero-order valence-corrected chi connectivity index (χ0v) is 12.1. The average molecular weight is 275 g/mol. The molecule has 0 spiro atoms. The van der Waals surface area contributed by atoms with Gasteiger partial charge in [0.25, 0.3) is 5.91 Å². The number of aryl methyl sites for hydroxylation is 3. The first kappa shape index (κ1) is 14.2. The number of nitrogens with one attached hydrogen (secondary N) is 1. The molecule has 0 saturated heterocycles. The minimum Gasteiger partial charge on any atom is -0.344 e. The van der Waals surface area contributed by atoms with E-state index in [0.717, 1.165) is 11.1 Å². The van der Waals surface area contributed by atoms with Gasteiger partial charge in [0, 0.05) is 18.8 Å². The SMILES string of the molecule is Cc1ccc([C@@H](C)NC(=O)c2nn(C)cc2C)cc1F. The van der Waals surface area contributed by atoms with Gasteiger partial charge in [-0.15, -0.1) is 0 Å². The van der Waals surface area contributed by atoms with Crippen molar-refractivity contribution in [1.82, 2.24) is 15.1 Å². The van der Waals surface area contributed by atoms with Gasteiger partial charge in [-0.05, 0) is 38.0 Å². The smallest absolute Gasteiger partial charge is 0.272 e. The summed E-state index contributed by atoms with van der Waals surface area (Å²) in [5, 5.41) is 6.95. The lowest BCUT2D eigenvalue weighted by Gasteiger charge is -2.14. The Hall–Kier alpha value is -2.17. The fraction of sp³-hybridized carbons (Fsp3) is 0.333. The minimum absolute atomic E-state index is 0.253. The maximum Gasteiger partial charge on any atom is 0.272 e. The van der Waals surface area contributed by atoms with Crippen LogP contribution >= 0.6 is 0 Å². The summed E-state index contributed by atoms with van der Waals surface area (Å²) in [7, 11) is 1.77. The van der Waals surface area contributed by atoms with Crippen LogP contribution in [0.3, 0.4) is 0 Å². The van der Waals surface area contributed by atoms with E-state index in [-0.39, 0.29) is 17.8 Å². The Bertz CT molecular complexity index is 649. The van der Waals surface area contributed by atoms with Crippen LogP contribution in [-0.4, -0.2) is 15.7 Å². The topological polar surface area (TPSA) is 46.9 Å². The van der Waals surface area contributed by atoms with Crippen LogP contribution in [0.25, 0.3) is 0 Å². The van der Waals surface area contributed by atoms with Crippen LogP contribution in [0.2, 0.25) is 0 Å². The van der Waals surface area contributed by atoms with Gasteiger partial charge < -0.3 is 5.32 Å². The molecule has 4 nitrogen and oxygen atoms in total. The van der Waals surface area contributed by atoms with Crippen molar-refractivity contribution in [2.24, 2.45) is 7.05 Å². The van der Waals surface area contributed by atoms with Gasteiger partial charge >= 0.3 is 0 Å². The van der Waals surface area contributed by atoms with Gasteiger partial charge in [-0.3, -0.25) is 9.48 Å². The van der Waals surface area contributed by atoms with E-state index in [4.69, 9.17) is 0 Å². The second-order valence-corrected chi connectivity index (χ2v) is 5.04. The molecule has 0 unspecified atom stereocenters. The fourth-order valence-corrected chi connectivity index (χ4v) is 2.06. The number of amides is 1. The molecule has 2 aromatic rings. The maximum atomic E-state index is 13.5. The Balaban J connectivity index is 2.14. The standard InChI is InChI=1S/C15H18FN3O/c1-9-5-6-12(7-13(9)16)11(3)17-15(20)14-10(2)8-19(4)18-14/h5-8,11H,1-4H3,(H,17,20)/t11-/m1/s1. The van der Waals surface area contributed by atoms with Crippen LogP contribution in [0, 0.1) is 19.7 Å². The number of benzene rings is 1. The van der Waals surface area contributed by atoms with Crippen molar-refractivity contribution in [3.05, 3.63) is 52.6 Å². The normalized spacial score (nSPS) is 12.2. The molecule has 1 heterocycles. The van der Waals surface area contributed by atoms with Crippen molar-refractivity contribution in [3.8, 4) is 0 Å². The Kier molecular flexibility index (Phi) is 3.88. The number of halogens is 1. The summed E-state index contributed by atoms with van der Waals surface area (Å²) >= 11 is 0. The molecule has 0 aliphatic heterocycles. The number of nitrogens with zero attached hydrogens (tertiary/aromatic N) is 2. The third-order valence-corrected chi connectivity index (χ3v) is 3.27. The van der Waals surface area contributed by atoms with E-state index in [9.17, 15) is 9.18 Å². The summed E-state index contributed by atoms with van der Waals surface area (Å²) < 4.78 is 15.1. The maximum absolute atomic E-state index is 13.5. The lowest BCUT2D eigenvalue weighted by Crippen LogP contribution is -2.27. The molecular weight excluding hydrogens is 257 g/mol. The van der Waals surface area contributed by atoms with Gasteiger partial charge in [0.05, 0.1) is 6.04 Å². The van der Waals surface area contributed by atoms with Crippen LogP contribution < -0.4 is 5.32 Å². The molecule has 1 N–H and O–H groups in total. The molecule has 1 aromatic heterocycles. The minimum atomic E-state index is -0.279. The van der Waals surface area contributed by atoms with Crippen molar-refractivity contribution in [1.29, 1.82) is 0 Å². The third kappa shape index (κ3) is 2.87. The van der Waals surface area contributed by atoms with E-state index in [0.29, 0.717) is 11.3 Å². The fourth-order valence-electron chi connectivity index (χ4n) is 2.06. The monoisotopic (exact) mass is 275 g/mol. The molecule has 0 bridgehead atoms. The zero-order chi connectivity index (χ0) is 14.9. The Labute approximate surface area is 117 Å². The summed E-state index contributed by atoms with van der Waals surface area (Å²) in [5.41, 5.74) is 2.53. The summed E-state index contributed by atoms with van der Waals surface area (Å²) in [6.07, 6.45) is 1.78. The highest BCUT2D eigenvalue weighted by atomic mass is 19.1. The highest BCUT2D eigenvalue weighted by Crippen LogP contribution is 2.17. The summed E-state index contributed by atoms with van der Waals surface area (Å²) in [6, 6.07) is 4.69. The summed E-state index contributed by atoms with van der Waals surface area (Å²) in [4.78, 5) is 12.1. The summed E-state index contributed by atoms with van der Waals surface area (Å²) in [6.45, 7) is 5.36. The molecule has 0 aliphatic rings. The van der Waals surface area contributed by atoms with Crippen LogP contribution in [0.5, 0.6) is 0 Å². The lowest BCUT2D eigenvalue weighted by atomic mass is 10.1. The van der Waals surface area contributed by atoms with E-state index in [1.165, 1.54) is 6.07 Å². The molecule has 5 heteroatoms. The molecule has 0 aliphatic carbocycles. The molecule has 0 fully saturated rings. The molecular formula is C15H18FN3O. The molecule has 1 aromatic carbocycles.